The van der Waals surface area contributed by atoms with E-state index in [9.17, 15) is 0 Å². The molecule has 2 N–H and O–H groups in total. The van der Waals surface area contributed by atoms with Crippen molar-refractivity contribution in [3.05, 3.63) is 35.4 Å². The first-order valence-corrected chi connectivity index (χ1v) is 8.46. The van der Waals surface area contributed by atoms with Gasteiger partial charge in [0.1, 0.15) is 0 Å². The SMILES string of the molecule is CCNC(=NCc1cccc(COC)c1)NCCCCOCC. The van der Waals surface area contributed by atoms with E-state index >= 15 is 0 Å². The van der Waals surface area contributed by atoms with Gasteiger partial charge in [-0.1, -0.05) is 24.3 Å². The predicted octanol–water partition coefficient (Wildman–Crippen LogP) is 2.70. The number of methoxy groups -OCH3 is 1. The fourth-order valence-corrected chi connectivity index (χ4v) is 2.18. The Hall–Kier alpha value is -1.59. The zero-order valence-corrected chi connectivity index (χ0v) is 14.7. The number of guanidine groups is 1. The number of unbranched alkanes of at least 4 members (excludes halogenated alkanes) is 1. The second-order valence-electron chi connectivity index (χ2n) is 5.28. The summed E-state index contributed by atoms with van der Waals surface area (Å²) in [6.07, 6.45) is 2.15. The molecule has 130 valence electrons. The molecule has 0 fully saturated rings. The van der Waals surface area contributed by atoms with Crippen LogP contribution in [0.2, 0.25) is 0 Å². The van der Waals surface area contributed by atoms with Crippen LogP contribution in [0.1, 0.15) is 37.8 Å². The van der Waals surface area contributed by atoms with E-state index in [1.165, 1.54) is 11.1 Å². The molecule has 0 heterocycles. The molecule has 0 aromatic heterocycles. The monoisotopic (exact) mass is 321 g/mol. The van der Waals surface area contributed by atoms with Gasteiger partial charge in [0.15, 0.2) is 5.96 Å². The van der Waals surface area contributed by atoms with Gasteiger partial charge in [-0.15, -0.1) is 0 Å². The van der Waals surface area contributed by atoms with Gasteiger partial charge in [-0.2, -0.15) is 0 Å². The first-order chi connectivity index (χ1) is 11.3. The molecular formula is C18H31N3O2. The molecule has 0 aliphatic rings. The largest absolute Gasteiger partial charge is 0.382 e. The van der Waals surface area contributed by atoms with Crippen molar-refractivity contribution in [3.63, 3.8) is 0 Å². The van der Waals surface area contributed by atoms with Crippen LogP contribution in [0.15, 0.2) is 29.3 Å². The number of ether oxygens (including phenoxy) is 2. The first-order valence-electron chi connectivity index (χ1n) is 8.46. The van der Waals surface area contributed by atoms with Gasteiger partial charge >= 0.3 is 0 Å². The molecule has 0 aliphatic carbocycles. The van der Waals surface area contributed by atoms with Gasteiger partial charge in [0.25, 0.3) is 0 Å². The lowest BCUT2D eigenvalue weighted by Crippen LogP contribution is -2.37. The van der Waals surface area contributed by atoms with Crippen molar-refractivity contribution >= 4 is 5.96 Å². The Morgan fingerprint density at radius 1 is 1.13 bits per heavy atom. The summed E-state index contributed by atoms with van der Waals surface area (Å²) in [7, 11) is 1.71. The smallest absolute Gasteiger partial charge is 0.191 e. The van der Waals surface area contributed by atoms with Crippen LogP contribution >= 0.6 is 0 Å². The Labute approximate surface area is 140 Å². The second-order valence-corrected chi connectivity index (χ2v) is 5.28. The maximum Gasteiger partial charge on any atom is 0.191 e. The van der Waals surface area contributed by atoms with Gasteiger partial charge in [0, 0.05) is 33.4 Å². The maximum absolute atomic E-state index is 5.34. The van der Waals surface area contributed by atoms with Crippen molar-refractivity contribution < 1.29 is 9.47 Å². The van der Waals surface area contributed by atoms with Gasteiger partial charge in [-0.25, -0.2) is 4.99 Å². The molecule has 0 saturated carbocycles. The Kier molecular flexibility index (Phi) is 10.9. The van der Waals surface area contributed by atoms with E-state index in [0.29, 0.717) is 13.2 Å². The topological polar surface area (TPSA) is 54.9 Å². The number of hydrogen-bond acceptors (Lipinski definition) is 3. The number of rotatable bonds is 11. The summed E-state index contributed by atoms with van der Waals surface area (Å²) in [5.74, 6) is 0.862. The molecule has 1 rings (SSSR count). The molecule has 1 aromatic rings. The predicted molar refractivity (Wildman–Crippen MR) is 95.7 cm³/mol. The van der Waals surface area contributed by atoms with E-state index in [-0.39, 0.29) is 0 Å². The van der Waals surface area contributed by atoms with Crippen LogP contribution in [0.4, 0.5) is 0 Å². The molecule has 0 saturated heterocycles. The normalized spacial score (nSPS) is 11.5. The van der Waals surface area contributed by atoms with Crippen molar-refractivity contribution in [2.75, 3.05) is 33.4 Å². The van der Waals surface area contributed by atoms with E-state index in [1.807, 2.05) is 13.0 Å². The molecule has 0 bridgehead atoms. The van der Waals surface area contributed by atoms with E-state index in [1.54, 1.807) is 7.11 Å². The van der Waals surface area contributed by atoms with Crippen LogP contribution in [-0.4, -0.2) is 39.4 Å². The van der Waals surface area contributed by atoms with Crippen molar-refractivity contribution in [2.24, 2.45) is 4.99 Å². The van der Waals surface area contributed by atoms with Gasteiger partial charge in [-0.3, -0.25) is 0 Å². The minimum absolute atomic E-state index is 0.635. The van der Waals surface area contributed by atoms with E-state index in [0.717, 1.165) is 45.1 Å². The van der Waals surface area contributed by atoms with E-state index in [2.05, 4.69) is 40.7 Å². The van der Waals surface area contributed by atoms with Crippen LogP contribution in [0.5, 0.6) is 0 Å². The van der Waals surface area contributed by atoms with Gasteiger partial charge in [-0.05, 0) is 37.8 Å². The van der Waals surface area contributed by atoms with Crippen LogP contribution in [0, 0.1) is 0 Å². The minimum Gasteiger partial charge on any atom is -0.382 e. The number of benzene rings is 1. The maximum atomic E-state index is 5.34. The van der Waals surface area contributed by atoms with Crippen molar-refractivity contribution in [2.45, 2.75) is 39.8 Å². The molecular weight excluding hydrogens is 290 g/mol. The standard InChI is InChI=1S/C18H31N3O2/c1-4-19-18(20-11-6-7-12-23-5-2)21-14-16-9-8-10-17(13-16)15-22-3/h8-10,13H,4-7,11-12,14-15H2,1-3H3,(H2,19,20,21). The van der Waals surface area contributed by atoms with Crippen LogP contribution in [-0.2, 0) is 22.6 Å². The summed E-state index contributed by atoms with van der Waals surface area (Å²) < 4.78 is 10.5. The van der Waals surface area contributed by atoms with Crippen LogP contribution in [0.3, 0.4) is 0 Å². The lowest BCUT2D eigenvalue weighted by Gasteiger charge is -2.11. The number of nitrogens with zero attached hydrogens (tertiary/aromatic N) is 1. The summed E-state index contributed by atoms with van der Waals surface area (Å²) in [6, 6.07) is 8.35. The summed E-state index contributed by atoms with van der Waals surface area (Å²) in [6.45, 7) is 8.78. The second kappa shape index (κ2) is 12.9. The lowest BCUT2D eigenvalue weighted by atomic mass is 10.1. The highest BCUT2D eigenvalue weighted by molar-refractivity contribution is 5.79. The Balaban J connectivity index is 2.43. The summed E-state index contributed by atoms with van der Waals surface area (Å²) in [4.78, 5) is 4.64. The number of aliphatic imine (C=N–C) groups is 1. The Morgan fingerprint density at radius 3 is 2.70 bits per heavy atom. The zero-order valence-electron chi connectivity index (χ0n) is 14.7. The van der Waals surface area contributed by atoms with Gasteiger partial charge in [0.05, 0.1) is 13.2 Å². The molecule has 5 nitrogen and oxygen atoms in total. The molecule has 0 amide bonds. The van der Waals surface area contributed by atoms with E-state index in [4.69, 9.17) is 9.47 Å². The molecule has 0 atom stereocenters. The molecule has 0 spiro atoms. The van der Waals surface area contributed by atoms with Crippen molar-refractivity contribution in [3.8, 4) is 0 Å². The number of nitrogens with one attached hydrogen (secondary N) is 2. The van der Waals surface area contributed by atoms with Crippen LogP contribution < -0.4 is 10.6 Å². The van der Waals surface area contributed by atoms with Crippen molar-refractivity contribution in [1.82, 2.24) is 10.6 Å². The third kappa shape index (κ3) is 9.21. The first kappa shape index (κ1) is 19.5. The summed E-state index contributed by atoms with van der Waals surface area (Å²) in [5.41, 5.74) is 2.36. The highest BCUT2D eigenvalue weighted by Gasteiger charge is 1.99. The average Bonchev–Trinajstić information content (AvgIpc) is 2.56. The fraction of sp³-hybridized carbons (Fsp3) is 0.611. The summed E-state index contributed by atoms with van der Waals surface area (Å²) >= 11 is 0. The molecule has 0 unspecified atom stereocenters. The fourth-order valence-electron chi connectivity index (χ4n) is 2.18. The molecule has 23 heavy (non-hydrogen) atoms. The molecule has 0 radical (unpaired) electrons. The minimum atomic E-state index is 0.635. The molecule has 0 aliphatic heterocycles. The van der Waals surface area contributed by atoms with Crippen molar-refractivity contribution in [1.29, 1.82) is 0 Å². The van der Waals surface area contributed by atoms with Gasteiger partial charge < -0.3 is 20.1 Å². The van der Waals surface area contributed by atoms with Crippen LogP contribution in [0.25, 0.3) is 0 Å². The highest BCUT2D eigenvalue weighted by Crippen LogP contribution is 2.07. The van der Waals surface area contributed by atoms with E-state index < -0.39 is 0 Å². The summed E-state index contributed by atoms with van der Waals surface area (Å²) in [5, 5.41) is 6.64. The Morgan fingerprint density at radius 2 is 1.96 bits per heavy atom. The third-order valence-corrected chi connectivity index (χ3v) is 3.28. The molecule has 1 aromatic carbocycles. The molecule has 5 heteroatoms. The Bertz CT molecular complexity index is 450. The highest BCUT2D eigenvalue weighted by atomic mass is 16.5. The third-order valence-electron chi connectivity index (χ3n) is 3.28. The van der Waals surface area contributed by atoms with Gasteiger partial charge in [0.2, 0.25) is 0 Å². The zero-order chi connectivity index (χ0) is 16.8. The lowest BCUT2D eigenvalue weighted by molar-refractivity contribution is 0.143. The average molecular weight is 321 g/mol. The quantitative estimate of drug-likeness (QED) is 0.374. The number of hydrogen-bond donors (Lipinski definition) is 2.